The maximum absolute atomic E-state index is 2.46. The molecule has 0 N–H and O–H groups in total. The minimum Gasteiger partial charge on any atom is -0.310 e. The third-order valence-corrected chi connectivity index (χ3v) is 20.0. The van der Waals surface area contributed by atoms with E-state index in [0.717, 1.165) is 45.3 Å². The summed E-state index contributed by atoms with van der Waals surface area (Å²) in [6, 6.07) is 118. The highest BCUT2D eigenvalue weighted by Crippen LogP contribution is 2.59. The number of rotatable bonds is 9. The van der Waals surface area contributed by atoms with E-state index in [1.807, 2.05) is 0 Å². The predicted molar refractivity (Wildman–Crippen MR) is 380 cm³/mol. The SMILES string of the molecule is c1ccc(N(c2ccc(-c3ccc(N(c4ccccc4)c4ccc5cccc6c5c4-c4ccc(-c5ccc7cccc8c7c5-c5ccccc5-8)cc4-6)cc3)cc2)c2ccc3cccc4c3c2-c2ccc(-c3ccc5cccc6c5c3-c3ccccc3-6)cc2-4)cc1. The first-order valence-electron chi connectivity index (χ1n) is 31.3. The summed E-state index contributed by atoms with van der Waals surface area (Å²) in [6.07, 6.45) is 0. The molecule has 0 aromatic heterocycles. The molecule has 2 nitrogen and oxygen atoms in total. The molecule has 2 heteroatoms. The second kappa shape index (κ2) is 18.8. The van der Waals surface area contributed by atoms with Gasteiger partial charge in [0.25, 0.3) is 0 Å². The summed E-state index contributed by atoms with van der Waals surface area (Å²) in [6.45, 7) is 0. The van der Waals surface area contributed by atoms with Crippen LogP contribution in [0, 0.1) is 0 Å². The van der Waals surface area contributed by atoms with Crippen molar-refractivity contribution in [3.63, 3.8) is 0 Å². The third-order valence-electron chi connectivity index (χ3n) is 20.0. The van der Waals surface area contributed by atoms with Crippen LogP contribution in [0.25, 0.3) is 165 Å². The number of fused-ring (bicyclic) bond motifs is 12. The second-order valence-corrected chi connectivity index (χ2v) is 24.6. The summed E-state index contributed by atoms with van der Waals surface area (Å²) >= 11 is 0. The summed E-state index contributed by atoms with van der Waals surface area (Å²) < 4.78 is 0. The topological polar surface area (TPSA) is 6.48 Å². The van der Waals surface area contributed by atoms with Crippen molar-refractivity contribution >= 4 is 77.2 Å². The fourth-order valence-electron chi connectivity index (χ4n) is 16.1. The molecule has 20 rings (SSSR count). The minimum atomic E-state index is 1.10. The van der Waals surface area contributed by atoms with Crippen molar-refractivity contribution in [3.05, 3.63) is 315 Å². The molecule has 0 radical (unpaired) electrons. The zero-order valence-electron chi connectivity index (χ0n) is 48.9. The van der Waals surface area contributed by atoms with Gasteiger partial charge in [0.2, 0.25) is 0 Å². The molecule has 0 bridgehead atoms. The molecule has 0 aliphatic heterocycles. The largest absolute Gasteiger partial charge is 0.310 e. The van der Waals surface area contributed by atoms with Crippen molar-refractivity contribution in [2.75, 3.05) is 9.80 Å². The Morgan fingerprint density at radius 1 is 0.156 bits per heavy atom. The van der Waals surface area contributed by atoms with Crippen LogP contribution < -0.4 is 9.80 Å². The van der Waals surface area contributed by atoms with Crippen LogP contribution >= 0.6 is 0 Å². The molecule has 0 heterocycles. The Morgan fingerprint density at radius 2 is 0.444 bits per heavy atom. The quantitative estimate of drug-likeness (QED) is 0.142. The molecule has 90 heavy (non-hydrogen) atoms. The van der Waals surface area contributed by atoms with Gasteiger partial charge in [-0.2, -0.15) is 0 Å². The molecule has 0 fully saturated rings. The van der Waals surface area contributed by atoms with Crippen molar-refractivity contribution in [1.82, 2.24) is 0 Å². The maximum atomic E-state index is 2.46. The predicted octanol–water partition coefficient (Wildman–Crippen LogP) is 24.8. The van der Waals surface area contributed by atoms with E-state index in [1.54, 1.807) is 0 Å². The summed E-state index contributed by atoms with van der Waals surface area (Å²) in [7, 11) is 0. The molecule has 0 saturated carbocycles. The Labute approximate surface area is 521 Å². The van der Waals surface area contributed by atoms with Crippen molar-refractivity contribution in [3.8, 4) is 122 Å². The number of hydrogen-bond donors (Lipinski definition) is 0. The van der Waals surface area contributed by atoms with Gasteiger partial charge in [0.05, 0.1) is 11.4 Å². The van der Waals surface area contributed by atoms with Crippen LogP contribution in [-0.2, 0) is 0 Å². The Hall–Kier alpha value is -11.8. The average Bonchev–Trinajstić information content (AvgIpc) is 1.60. The van der Waals surface area contributed by atoms with E-state index in [1.165, 1.54) is 154 Å². The lowest BCUT2D eigenvalue weighted by Crippen LogP contribution is -2.11. The lowest BCUT2D eigenvalue weighted by Gasteiger charge is -2.28. The highest BCUT2D eigenvalue weighted by molar-refractivity contribution is 6.24. The first-order chi connectivity index (χ1) is 44.7. The Bertz CT molecular complexity index is 5400. The molecule has 4 aliphatic rings. The number of para-hydroxylation sites is 2. The van der Waals surface area contributed by atoms with Gasteiger partial charge in [0, 0.05) is 33.9 Å². The maximum Gasteiger partial charge on any atom is 0.0546 e. The van der Waals surface area contributed by atoms with E-state index in [-0.39, 0.29) is 0 Å². The number of anilines is 6. The highest BCUT2D eigenvalue weighted by Gasteiger charge is 2.33. The summed E-state index contributed by atoms with van der Waals surface area (Å²) in [5.41, 5.74) is 34.8. The second-order valence-electron chi connectivity index (χ2n) is 24.6. The zero-order chi connectivity index (χ0) is 58.7. The van der Waals surface area contributed by atoms with Crippen LogP contribution in [0.15, 0.2) is 315 Å². The van der Waals surface area contributed by atoms with Gasteiger partial charge in [0.15, 0.2) is 0 Å². The molecule has 0 unspecified atom stereocenters. The van der Waals surface area contributed by atoms with E-state index in [4.69, 9.17) is 0 Å². The molecule has 16 aromatic rings. The molecule has 0 amide bonds. The standard InChI is InChI=1S/C88H52N2/c1-3-19-61(20-4-1)89(79-49-39-57-17-13-29-73-77-51-59(37-47-75(77)87(79)83(57)73)65-45-35-55-15-11-27-69-67-23-7-9-25-71(67)85(65)81(55)69)63-41-31-53(32-42-63)54-33-43-64(44-34-54)90(62-21-5-2-6-22-62)80-50-40-58-18-14-30-74-78-52-60(38-48-76(78)88(80)84(58)74)66-46-36-56-16-12-28-70-68-24-8-10-26-72(68)86(66)82(56)70/h1-52H. The van der Waals surface area contributed by atoms with Crippen LogP contribution in [-0.4, -0.2) is 0 Å². The van der Waals surface area contributed by atoms with Gasteiger partial charge in [-0.15, -0.1) is 0 Å². The number of nitrogens with zero attached hydrogens (tertiary/aromatic N) is 2. The molecule has 16 aromatic carbocycles. The van der Waals surface area contributed by atoms with Gasteiger partial charge >= 0.3 is 0 Å². The molecule has 4 aliphatic carbocycles. The zero-order valence-corrected chi connectivity index (χ0v) is 48.9. The number of benzene rings is 16. The molecule has 0 atom stereocenters. The third kappa shape index (κ3) is 6.99. The molecule has 0 spiro atoms. The van der Waals surface area contributed by atoms with Crippen LogP contribution in [0.1, 0.15) is 0 Å². The van der Waals surface area contributed by atoms with E-state index in [0.29, 0.717) is 0 Å². The highest BCUT2D eigenvalue weighted by atomic mass is 15.2. The fourth-order valence-corrected chi connectivity index (χ4v) is 16.1. The van der Waals surface area contributed by atoms with Crippen molar-refractivity contribution in [2.45, 2.75) is 0 Å². The Balaban J connectivity index is 0.662. The van der Waals surface area contributed by atoms with Crippen molar-refractivity contribution < 1.29 is 0 Å². The smallest absolute Gasteiger partial charge is 0.0546 e. The Kier molecular flexibility index (Phi) is 10.3. The summed E-state index contributed by atoms with van der Waals surface area (Å²) in [4.78, 5) is 4.90. The van der Waals surface area contributed by atoms with Gasteiger partial charge in [-0.05, 0) is 227 Å². The minimum absolute atomic E-state index is 1.10. The lowest BCUT2D eigenvalue weighted by molar-refractivity contribution is 1.29. The van der Waals surface area contributed by atoms with E-state index in [2.05, 4.69) is 325 Å². The number of hydrogen-bond acceptors (Lipinski definition) is 2. The molecule has 414 valence electrons. The first kappa shape index (κ1) is 49.3. The van der Waals surface area contributed by atoms with Gasteiger partial charge in [-0.3, -0.25) is 0 Å². The van der Waals surface area contributed by atoms with Gasteiger partial charge in [-0.25, -0.2) is 0 Å². The van der Waals surface area contributed by atoms with Crippen molar-refractivity contribution in [1.29, 1.82) is 0 Å². The van der Waals surface area contributed by atoms with E-state index < -0.39 is 0 Å². The van der Waals surface area contributed by atoms with Gasteiger partial charge in [-0.1, -0.05) is 243 Å². The van der Waals surface area contributed by atoms with Crippen LogP contribution in [0.5, 0.6) is 0 Å². The van der Waals surface area contributed by atoms with E-state index >= 15 is 0 Å². The average molecular weight is 1140 g/mol. The van der Waals surface area contributed by atoms with Crippen LogP contribution in [0.4, 0.5) is 34.1 Å². The normalized spacial score (nSPS) is 12.2. The van der Waals surface area contributed by atoms with Gasteiger partial charge in [0.1, 0.15) is 0 Å². The van der Waals surface area contributed by atoms with Crippen LogP contribution in [0.2, 0.25) is 0 Å². The first-order valence-corrected chi connectivity index (χ1v) is 31.3. The van der Waals surface area contributed by atoms with Gasteiger partial charge < -0.3 is 9.80 Å². The van der Waals surface area contributed by atoms with Crippen LogP contribution in [0.3, 0.4) is 0 Å². The Morgan fingerprint density at radius 3 is 0.844 bits per heavy atom. The molecule has 0 saturated heterocycles. The summed E-state index contributed by atoms with van der Waals surface area (Å²) in [5, 5.41) is 10.4. The molecular weight excluding hydrogens is 1080 g/mol. The van der Waals surface area contributed by atoms with Crippen molar-refractivity contribution in [2.24, 2.45) is 0 Å². The fraction of sp³-hybridized carbons (Fsp3) is 0. The molecular formula is C88H52N2. The lowest BCUT2D eigenvalue weighted by atomic mass is 9.90. The summed E-state index contributed by atoms with van der Waals surface area (Å²) in [5.74, 6) is 0. The van der Waals surface area contributed by atoms with E-state index in [9.17, 15) is 0 Å². The monoisotopic (exact) mass is 1140 g/mol.